The van der Waals surface area contributed by atoms with Crippen LogP contribution in [0.5, 0.6) is 0 Å². The molecule has 21 heavy (non-hydrogen) atoms. The average Bonchev–Trinajstić information content (AvgIpc) is 2.72. The topological polar surface area (TPSA) is 0 Å². The van der Waals surface area contributed by atoms with Gasteiger partial charge in [0.25, 0.3) is 0 Å². The van der Waals surface area contributed by atoms with E-state index >= 15 is 0 Å². The molecule has 0 N–H and O–H groups in total. The molecule has 0 saturated carbocycles. The normalized spacial score (nSPS) is 18.6. The molecule has 0 spiro atoms. The maximum Gasteiger partial charge on any atom is 0.00317 e. The minimum Gasteiger partial charge on any atom is -0.0629 e. The highest BCUT2D eigenvalue weighted by molar-refractivity contribution is 5.88. The van der Waals surface area contributed by atoms with Gasteiger partial charge in [0.05, 0.1) is 0 Å². The molecule has 2 aromatic rings. The summed E-state index contributed by atoms with van der Waals surface area (Å²) in [6.45, 7) is 9.10. The van der Waals surface area contributed by atoms with Crippen LogP contribution in [0.1, 0.15) is 33.3 Å². The fourth-order valence-electron chi connectivity index (χ4n) is 3.39. The molecule has 2 aromatic carbocycles. The van der Waals surface area contributed by atoms with Gasteiger partial charge in [-0.2, -0.15) is 0 Å². The molecular weight excluding hydrogens is 252 g/mol. The molecule has 0 nitrogen and oxygen atoms in total. The van der Waals surface area contributed by atoms with E-state index in [0.29, 0.717) is 5.92 Å². The fourth-order valence-corrected chi connectivity index (χ4v) is 3.39. The Balaban J connectivity index is 2.19. The Hall–Kier alpha value is -2.08. The van der Waals surface area contributed by atoms with Gasteiger partial charge in [0.15, 0.2) is 0 Å². The molecule has 0 saturated heterocycles. The molecule has 0 aliphatic heterocycles. The summed E-state index contributed by atoms with van der Waals surface area (Å²) in [6, 6.07) is 19.5. The zero-order valence-corrected chi connectivity index (χ0v) is 13.3. The molecule has 1 aliphatic rings. The number of benzene rings is 2. The summed E-state index contributed by atoms with van der Waals surface area (Å²) >= 11 is 0. The van der Waals surface area contributed by atoms with E-state index in [9.17, 15) is 0 Å². The van der Waals surface area contributed by atoms with Crippen molar-refractivity contribution >= 4 is 5.57 Å². The van der Waals surface area contributed by atoms with Gasteiger partial charge in [-0.05, 0) is 54.2 Å². The van der Waals surface area contributed by atoms with Gasteiger partial charge in [-0.15, -0.1) is 0 Å². The number of rotatable bonds is 2. The average molecular weight is 274 g/mol. The Morgan fingerprint density at radius 3 is 1.81 bits per heavy atom. The molecule has 1 unspecified atom stereocenters. The second-order valence-corrected chi connectivity index (χ2v) is 5.98. The van der Waals surface area contributed by atoms with Crippen molar-refractivity contribution in [2.45, 2.75) is 27.7 Å². The van der Waals surface area contributed by atoms with Gasteiger partial charge in [-0.3, -0.25) is 0 Å². The van der Waals surface area contributed by atoms with Crippen LogP contribution in [-0.4, -0.2) is 0 Å². The van der Waals surface area contributed by atoms with Gasteiger partial charge in [0, 0.05) is 5.92 Å². The Kier molecular flexibility index (Phi) is 3.55. The van der Waals surface area contributed by atoms with E-state index in [4.69, 9.17) is 0 Å². The van der Waals surface area contributed by atoms with E-state index in [1.165, 1.54) is 39.0 Å². The zero-order chi connectivity index (χ0) is 15.0. The molecule has 0 aromatic heterocycles. The predicted molar refractivity (Wildman–Crippen MR) is 92.0 cm³/mol. The first-order valence-corrected chi connectivity index (χ1v) is 7.64. The van der Waals surface area contributed by atoms with Gasteiger partial charge in [-0.25, -0.2) is 0 Å². The van der Waals surface area contributed by atoms with Crippen LogP contribution < -0.4 is 0 Å². The molecule has 0 heterocycles. The number of allylic oxidation sites excluding steroid dienone is 4. The van der Waals surface area contributed by atoms with Crippen LogP contribution in [-0.2, 0) is 0 Å². The smallest absolute Gasteiger partial charge is 0.00317 e. The van der Waals surface area contributed by atoms with Gasteiger partial charge < -0.3 is 0 Å². The van der Waals surface area contributed by atoms with Crippen LogP contribution in [0.4, 0.5) is 0 Å². The van der Waals surface area contributed by atoms with E-state index < -0.39 is 0 Å². The van der Waals surface area contributed by atoms with E-state index in [2.05, 4.69) is 82.3 Å². The summed E-state index contributed by atoms with van der Waals surface area (Å²) in [5.41, 5.74) is 9.91. The SMILES string of the molecule is CC1=C(C)C(C)C(c2ccccc2-c2ccccc2)=C1C. The monoisotopic (exact) mass is 274 g/mol. The van der Waals surface area contributed by atoms with E-state index in [1.54, 1.807) is 0 Å². The van der Waals surface area contributed by atoms with Crippen LogP contribution in [0.25, 0.3) is 16.7 Å². The van der Waals surface area contributed by atoms with Crippen molar-refractivity contribution in [2.75, 3.05) is 0 Å². The van der Waals surface area contributed by atoms with Crippen LogP contribution >= 0.6 is 0 Å². The van der Waals surface area contributed by atoms with E-state index in [1.807, 2.05) is 0 Å². The number of hydrogen-bond acceptors (Lipinski definition) is 0. The van der Waals surface area contributed by atoms with Crippen LogP contribution in [0.2, 0.25) is 0 Å². The predicted octanol–water partition coefficient (Wildman–Crippen LogP) is 6.11. The lowest BCUT2D eigenvalue weighted by Crippen LogP contribution is -1.99. The highest BCUT2D eigenvalue weighted by Crippen LogP contribution is 2.44. The lowest BCUT2D eigenvalue weighted by atomic mass is 9.87. The van der Waals surface area contributed by atoms with Crippen molar-refractivity contribution in [3.05, 3.63) is 76.9 Å². The molecule has 1 aliphatic carbocycles. The van der Waals surface area contributed by atoms with Gasteiger partial charge >= 0.3 is 0 Å². The summed E-state index contributed by atoms with van der Waals surface area (Å²) in [4.78, 5) is 0. The largest absolute Gasteiger partial charge is 0.0629 e. The maximum absolute atomic E-state index is 2.33. The Morgan fingerprint density at radius 2 is 1.24 bits per heavy atom. The van der Waals surface area contributed by atoms with E-state index in [0.717, 1.165) is 0 Å². The minimum atomic E-state index is 0.509. The summed E-state index contributed by atoms with van der Waals surface area (Å²) in [5, 5.41) is 0. The quantitative estimate of drug-likeness (QED) is 0.619. The number of hydrogen-bond donors (Lipinski definition) is 0. The molecular formula is C21H22. The Bertz CT molecular complexity index is 730. The van der Waals surface area contributed by atoms with Crippen LogP contribution in [0.3, 0.4) is 0 Å². The van der Waals surface area contributed by atoms with Gasteiger partial charge in [0.1, 0.15) is 0 Å². The third kappa shape index (κ3) is 2.25. The second kappa shape index (κ2) is 5.37. The lowest BCUT2D eigenvalue weighted by Gasteiger charge is -2.17. The van der Waals surface area contributed by atoms with Crippen molar-refractivity contribution in [2.24, 2.45) is 5.92 Å². The van der Waals surface area contributed by atoms with Crippen LogP contribution in [0.15, 0.2) is 71.3 Å². The van der Waals surface area contributed by atoms with E-state index in [-0.39, 0.29) is 0 Å². The first-order chi connectivity index (χ1) is 10.1. The molecule has 106 valence electrons. The zero-order valence-electron chi connectivity index (χ0n) is 13.3. The van der Waals surface area contributed by atoms with Crippen molar-refractivity contribution in [1.29, 1.82) is 0 Å². The standard InChI is InChI=1S/C21H22/c1-14-15(2)17(4)21(16(14)3)20-13-9-8-12-19(20)18-10-6-5-7-11-18/h5-13,16H,1-4H3. The highest BCUT2D eigenvalue weighted by Gasteiger charge is 2.26. The lowest BCUT2D eigenvalue weighted by molar-refractivity contribution is 0.895. The Morgan fingerprint density at radius 1 is 0.667 bits per heavy atom. The summed E-state index contributed by atoms with van der Waals surface area (Å²) in [5.74, 6) is 0.509. The van der Waals surface area contributed by atoms with Crippen molar-refractivity contribution in [3.63, 3.8) is 0 Å². The molecule has 1 atom stereocenters. The maximum atomic E-state index is 2.33. The third-order valence-electron chi connectivity index (χ3n) is 4.94. The molecule has 0 amide bonds. The second-order valence-electron chi connectivity index (χ2n) is 5.98. The molecule has 3 rings (SSSR count). The van der Waals surface area contributed by atoms with Crippen LogP contribution in [0, 0.1) is 5.92 Å². The van der Waals surface area contributed by atoms with Crippen molar-refractivity contribution in [1.82, 2.24) is 0 Å². The molecule has 0 fully saturated rings. The molecule has 0 bridgehead atoms. The van der Waals surface area contributed by atoms with Crippen molar-refractivity contribution in [3.8, 4) is 11.1 Å². The van der Waals surface area contributed by atoms with Crippen molar-refractivity contribution < 1.29 is 0 Å². The Labute approximate surface area is 127 Å². The molecule has 0 heteroatoms. The summed E-state index contributed by atoms with van der Waals surface area (Å²) in [7, 11) is 0. The summed E-state index contributed by atoms with van der Waals surface area (Å²) < 4.78 is 0. The van der Waals surface area contributed by atoms with Gasteiger partial charge in [-0.1, -0.05) is 67.1 Å². The third-order valence-corrected chi connectivity index (χ3v) is 4.94. The molecule has 0 radical (unpaired) electrons. The first kappa shape index (κ1) is 13.9. The minimum absolute atomic E-state index is 0.509. The first-order valence-electron chi connectivity index (χ1n) is 7.64. The van der Waals surface area contributed by atoms with Gasteiger partial charge in [0.2, 0.25) is 0 Å². The summed E-state index contributed by atoms with van der Waals surface area (Å²) in [6.07, 6.45) is 0. The highest BCUT2D eigenvalue weighted by atomic mass is 14.3. The fraction of sp³-hybridized carbons (Fsp3) is 0.238.